The molecule has 0 fully saturated rings. The number of ether oxygens (including phenoxy) is 1. The van der Waals surface area contributed by atoms with Crippen molar-refractivity contribution >= 4 is 23.3 Å². The van der Waals surface area contributed by atoms with E-state index in [0.29, 0.717) is 17.0 Å². The Morgan fingerprint density at radius 3 is 2.18 bits per heavy atom. The van der Waals surface area contributed by atoms with Gasteiger partial charge in [-0.05, 0) is 55.3 Å². The van der Waals surface area contributed by atoms with Crippen molar-refractivity contribution in [3.8, 4) is 5.75 Å². The Morgan fingerprint density at radius 2 is 1.68 bits per heavy atom. The SMILES string of the molecule is COc1ccc(N)c(C2(C=O)Nc3cc(C)c(C)cc3N2)c1. The lowest BCUT2D eigenvalue weighted by Crippen LogP contribution is -2.41. The van der Waals surface area contributed by atoms with E-state index in [1.54, 1.807) is 25.3 Å². The smallest absolute Gasteiger partial charge is 0.194 e. The molecular formula is C17H19N3O2. The molecule has 0 spiro atoms. The summed E-state index contributed by atoms with van der Waals surface area (Å²) in [5.74, 6) is 0.650. The van der Waals surface area contributed by atoms with Gasteiger partial charge in [0.15, 0.2) is 11.9 Å². The van der Waals surface area contributed by atoms with E-state index in [2.05, 4.69) is 10.6 Å². The van der Waals surface area contributed by atoms with Crippen molar-refractivity contribution < 1.29 is 9.53 Å². The first kappa shape index (κ1) is 14.3. The van der Waals surface area contributed by atoms with Crippen LogP contribution >= 0.6 is 0 Å². The van der Waals surface area contributed by atoms with E-state index in [-0.39, 0.29) is 0 Å². The van der Waals surface area contributed by atoms with Crippen LogP contribution in [-0.4, -0.2) is 13.4 Å². The van der Waals surface area contributed by atoms with Crippen LogP contribution in [0.15, 0.2) is 30.3 Å². The summed E-state index contributed by atoms with van der Waals surface area (Å²) in [6.45, 7) is 4.08. The Labute approximate surface area is 129 Å². The fraction of sp³-hybridized carbons (Fsp3) is 0.235. The molecule has 4 N–H and O–H groups in total. The monoisotopic (exact) mass is 297 g/mol. The molecule has 0 amide bonds. The summed E-state index contributed by atoms with van der Waals surface area (Å²) in [6.07, 6.45) is 0.836. The fourth-order valence-electron chi connectivity index (χ4n) is 2.74. The van der Waals surface area contributed by atoms with Crippen LogP contribution in [0.2, 0.25) is 0 Å². The molecule has 22 heavy (non-hydrogen) atoms. The lowest BCUT2D eigenvalue weighted by atomic mass is 9.99. The zero-order valence-electron chi connectivity index (χ0n) is 12.9. The maximum atomic E-state index is 11.9. The number of fused-ring (bicyclic) bond motifs is 1. The number of carbonyl (C=O) groups excluding carboxylic acids is 1. The highest BCUT2D eigenvalue weighted by atomic mass is 16.5. The van der Waals surface area contributed by atoms with Crippen LogP contribution in [0.4, 0.5) is 17.1 Å². The minimum atomic E-state index is -1.08. The summed E-state index contributed by atoms with van der Waals surface area (Å²) >= 11 is 0. The first-order valence-electron chi connectivity index (χ1n) is 7.07. The van der Waals surface area contributed by atoms with Gasteiger partial charge in [-0.3, -0.25) is 4.79 Å². The molecule has 1 aliphatic heterocycles. The van der Waals surface area contributed by atoms with E-state index in [9.17, 15) is 4.79 Å². The van der Waals surface area contributed by atoms with Crippen molar-refractivity contribution in [2.75, 3.05) is 23.5 Å². The van der Waals surface area contributed by atoms with Gasteiger partial charge in [0.1, 0.15) is 5.75 Å². The van der Waals surface area contributed by atoms with Gasteiger partial charge in [0, 0.05) is 11.3 Å². The van der Waals surface area contributed by atoms with Gasteiger partial charge >= 0.3 is 0 Å². The standard InChI is InChI=1S/C17H19N3O2/c1-10-6-15-16(7-11(10)2)20-17(9-21,19-15)13-8-12(22-3)4-5-14(13)18/h4-9,19-20H,18H2,1-3H3. The number of aldehydes is 1. The second-order valence-corrected chi connectivity index (χ2v) is 5.61. The van der Waals surface area contributed by atoms with Crippen LogP contribution in [-0.2, 0) is 10.5 Å². The van der Waals surface area contributed by atoms with E-state index < -0.39 is 5.66 Å². The Hall–Kier alpha value is -2.69. The largest absolute Gasteiger partial charge is 0.497 e. The number of anilines is 3. The fourth-order valence-corrected chi connectivity index (χ4v) is 2.74. The van der Waals surface area contributed by atoms with Crippen LogP contribution in [0.25, 0.3) is 0 Å². The number of benzene rings is 2. The molecule has 114 valence electrons. The number of methoxy groups -OCH3 is 1. The van der Waals surface area contributed by atoms with Crippen LogP contribution in [0.3, 0.4) is 0 Å². The van der Waals surface area contributed by atoms with Crippen LogP contribution < -0.4 is 21.1 Å². The highest BCUT2D eigenvalue weighted by molar-refractivity contribution is 5.90. The molecule has 2 aromatic rings. The molecule has 0 atom stereocenters. The summed E-state index contributed by atoms with van der Waals surface area (Å²) in [5.41, 5.74) is 10.3. The number of hydrogen-bond donors (Lipinski definition) is 3. The predicted octanol–water partition coefficient (Wildman–Crippen LogP) is 2.78. The van der Waals surface area contributed by atoms with Crippen molar-refractivity contribution in [1.82, 2.24) is 0 Å². The van der Waals surface area contributed by atoms with Gasteiger partial charge in [-0.15, -0.1) is 0 Å². The molecule has 5 nitrogen and oxygen atoms in total. The lowest BCUT2D eigenvalue weighted by Gasteiger charge is -2.26. The molecule has 0 bridgehead atoms. The first-order chi connectivity index (χ1) is 10.5. The Morgan fingerprint density at radius 1 is 1.09 bits per heavy atom. The van der Waals surface area contributed by atoms with E-state index in [1.165, 1.54) is 0 Å². The third-order valence-corrected chi connectivity index (χ3v) is 4.16. The molecule has 0 radical (unpaired) electrons. The lowest BCUT2D eigenvalue weighted by molar-refractivity contribution is -0.110. The van der Waals surface area contributed by atoms with Crippen molar-refractivity contribution in [2.45, 2.75) is 19.5 Å². The van der Waals surface area contributed by atoms with Gasteiger partial charge in [0.25, 0.3) is 0 Å². The Balaban J connectivity index is 2.11. The first-order valence-corrected chi connectivity index (χ1v) is 7.07. The van der Waals surface area contributed by atoms with Crippen molar-refractivity contribution in [2.24, 2.45) is 0 Å². The number of carbonyl (C=O) groups is 1. The molecule has 1 aliphatic rings. The van der Waals surface area contributed by atoms with Crippen molar-refractivity contribution in [1.29, 1.82) is 0 Å². The quantitative estimate of drug-likeness (QED) is 0.600. The molecule has 3 rings (SSSR count). The normalized spacial score (nSPS) is 14.7. The van der Waals surface area contributed by atoms with Gasteiger partial charge in [-0.1, -0.05) is 0 Å². The number of nitrogen functional groups attached to an aromatic ring is 1. The summed E-state index contributed by atoms with van der Waals surface area (Å²) in [4.78, 5) is 11.9. The second kappa shape index (κ2) is 4.94. The maximum absolute atomic E-state index is 11.9. The minimum absolute atomic E-state index is 0.522. The number of aryl methyl sites for hydroxylation is 2. The molecular weight excluding hydrogens is 278 g/mol. The Bertz CT molecular complexity index is 725. The van der Waals surface area contributed by atoms with Crippen molar-refractivity contribution in [3.63, 3.8) is 0 Å². The van der Waals surface area contributed by atoms with Crippen LogP contribution in [0.5, 0.6) is 5.75 Å². The molecule has 2 aromatic carbocycles. The third-order valence-electron chi connectivity index (χ3n) is 4.16. The number of rotatable bonds is 3. The van der Waals surface area contributed by atoms with Gasteiger partial charge in [0.05, 0.1) is 18.5 Å². The highest BCUT2D eigenvalue weighted by Gasteiger charge is 2.40. The summed E-state index contributed by atoms with van der Waals surface area (Å²) in [6, 6.07) is 9.34. The number of hydrogen-bond acceptors (Lipinski definition) is 5. The minimum Gasteiger partial charge on any atom is -0.497 e. The van der Waals surface area contributed by atoms with Gasteiger partial charge in [-0.25, -0.2) is 0 Å². The maximum Gasteiger partial charge on any atom is 0.194 e. The molecule has 5 heteroatoms. The Kier molecular flexibility index (Phi) is 3.20. The topological polar surface area (TPSA) is 76.4 Å². The van der Waals surface area contributed by atoms with Gasteiger partial charge in [0.2, 0.25) is 0 Å². The van der Waals surface area contributed by atoms with Gasteiger partial charge < -0.3 is 21.1 Å². The summed E-state index contributed by atoms with van der Waals surface area (Å²) < 4.78 is 5.25. The second-order valence-electron chi connectivity index (χ2n) is 5.61. The van der Waals surface area contributed by atoms with E-state index in [4.69, 9.17) is 10.5 Å². The molecule has 0 aliphatic carbocycles. The van der Waals surface area contributed by atoms with E-state index in [1.807, 2.05) is 26.0 Å². The van der Waals surface area contributed by atoms with Crippen LogP contribution in [0, 0.1) is 13.8 Å². The molecule has 0 aromatic heterocycles. The summed E-state index contributed by atoms with van der Waals surface area (Å²) in [7, 11) is 1.58. The number of nitrogens with one attached hydrogen (secondary N) is 2. The average Bonchev–Trinajstić information content (AvgIpc) is 2.87. The van der Waals surface area contributed by atoms with Gasteiger partial charge in [-0.2, -0.15) is 0 Å². The van der Waals surface area contributed by atoms with Crippen LogP contribution in [0.1, 0.15) is 16.7 Å². The zero-order chi connectivity index (χ0) is 15.9. The number of nitrogens with two attached hydrogens (primary N) is 1. The van der Waals surface area contributed by atoms with Crippen molar-refractivity contribution in [3.05, 3.63) is 47.0 Å². The average molecular weight is 297 g/mol. The zero-order valence-corrected chi connectivity index (χ0v) is 12.9. The molecule has 0 saturated carbocycles. The van der Waals surface area contributed by atoms with E-state index in [0.717, 1.165) is 28.8 Å². The molecule has 0 unspecified atom stereocenters. The molecule has 1 heterocycles. The summed E-state index contributed by atoms with van der Waals surface area (Å²) in [5, 5.41) is 6.52. The molecule has 0 saturated heterocycles. The third kappa shape index (κ3) is 2.06. The predicted molar refractivity (Wildman–Crippen MR) is 88.3 cm³/mol. The highest BCUT2D eigenvalue weighted by Crippen LogP contribution is 2.42. The van der Waals surface area contributed by atoms with E-state index >= 15 is 0 Å².